The molecule has 0 radical (unpaired) electrons. The van der Waals surface area contributed by atoms with Crippen molar-refractivity contribution >= 4 is 17.6 Å². The molecular weight excluding hydrogens is 317 g/mol. The fraction of sp³-hybridized carbons (Fsp3) is 0.278. The van der Waals surface area contributed by atoms with Gasteiger partial charge in [-0.2, -0.15) is 0 Å². The van der Waals surface area contributed by atoms with Crippen molar-refractivity contribution in [2.45, 2.75) is 25.8 Å². The molecular formula is C18H19ClFNO2. The topological polar surface area (TPSA) is 63.3 Å². The van der Waals surface area contributed by atoms with Gasteiger partial charge in [-0.05, 0) is 42.2 Å². The molecule has 0 aliphatic rings. The fourth-order valence-corrected chi connectivity index (χ4v) is 2.65. The molecule has 0 spiro atoms. The highest BCUT2D eigenvalue weighted by Crippen LogP contribution is 2.26. The molecule has 23 heavy (non-hydrogen) atoms. The van der Waals surface area contributed by atoms with Gasteiger partial charge in [0.25, 0.3) is 0 Å². The van der Waals surface area contributed by atoms with Crippen molar-refractivity contribution < 1.29 is 14.3 Å². The zero-order valence-corrected chi connectivity index (χ0v) is 13.6. The van der Waals surface area contributed by atoms with Gasteiger partial charge in [0.05, 0.1) is 5.92 Å². The van der Waals surface area contributed by atoms with Gasteiger partial charge in [0, 0.05) is 16.6 Å². The van der Waals surface area contributed by atoms with E-state index in [9.17, 15) is 9.18 Å². The summed E-state index contributed by atoms with van der Waals surface area (Å²) in [6.45, 7) is 1.65. The van der Waals surface area contributed by atoms with Crippen LogP contribution in [0.1, 0.15) is 18.9 Å². The summed E-state index contributed by atoms with van der Waals surface area (Å²) < 4.78 is 13.9. The molecule has 0 heterocycles. The van der Waals surface area contributed by atoms with Crippen molar-refractivity contribution in [1.82, 2.24) is 0 Å². The summed E-state index contributed by atoms with van der Waals surface area (Å²) in [6.07, 6.45) is 0.996. The number of carbonyl (C=O) groups is 1. The summed E-state index contributed by atoms with van der Waals surface area (Å²) in [4.78, 5) is 10.8. The first kappa shape index (κ1) is 17.4. The fourth-order valence-electron chi connectivity index (χ4n) is 2.48. The average molecular weight is 336 g/mol. The molecule has 3 nitrogen and oxygen atoms in total. The number of rotatable bonds is 6. The van der Waals surface area contributed by atoms with Gasteiger partial charge >= 0.3 is 5.97 Å². The van der Waals surface area contributed by atoms with E-state index >= 15 is 0 Å². The molecule has 0 fully saturated rings. The third-order valence-corrected chi connectivity index (χ3v) is 4.00. The minimum absolute atomic E-state index is 0.227. The Balaban J connectivity index is 2.07. The van der Waals surface area contributed by atoms with Crippen molar-refractivity contribution in [3.8, 4) is 11.1 Å². The highest BCUT2D eigenvalue weighted by molar-refractivity contribution is 6.30. The van der Waals surface area contributed by atoms with Gasteiger partial charge in [-0.1, -0.05) is 42.8 Å². The van der Waals surface area contributed by atoms with Crippen LogP contribution in [-0.2, 0) is 11.2 Å². The number of halogens is 2. The van der Waals surface area contributed by atoms with E-state index in [-0.39, 0.29) is 11.9 Å². The molecule has 0 bridgehead atoms. The van der Waals surface area contributed by atoms with Gasteiger partial charge in [0.2, 0.25) is 0 Å². The molecule has 0 aliphatic carbocycles. The maximum absolute atomic E-state index is 13.9. The summed E-state index contributed by atoms with van der Waals surface area (Å²) in [7, 11) is 0. The van der Waals surface area contributed by atoms with Crippen LogP contribution in [0.15, 0.2) is 42.5 Å². The molecule has 2 rings (SSSR count). The quantitative estimate of drug-likeness (QED) is 0.834. The zero-order chi connectivity index (χ0) is 17.0. The van der Waals surface area contributed by atoms with Crippen LogP contribution < -0.4 is 5.73 Å². The summed E-state index contributed by atoms with van der Waals surface area (Å²) >= 11 is 5.91. The molecule has 0 amide bonds. The Hall–Kier alpha value is -1.91. The number of nitrogens with two attached hydrogens (primary N) is 1. The molecule has 5 heteroatoms. The largest absolute Gasteiger partial charge is 0.481 e. The third-order valence-electron chi connectivity index (χ3n) is 3.77. The first-order valence-corrected chi connectivity index (χ1v) is 7.77. The second-order valence-electron chi connectivity index (χ2n) is 5.76. The number of aliphatic carboxylic acids is 1. The van der Waals surface area contributed by atoms with Crippen LogP contribution in [0.2, 0.25) is 5.02 Å². The lowest BCUT2D eigenvalue weighted by Gasteiger charge is -2.14. The normalized spacial score (nSPS) is 13.6. The molecule has 2 aromatic carbocycles. The predicted octanol–water partition coefficient (Wildman–Crippen LogP) is 4.13. The summed E-state index contributed by atoms with van der Waals surface area (Å²) in [5, 5.41) is 9.39. The average Bonchev–Trinajstić information content (AvgIpc) is 2.50. The lowest BCUT2D eigenvalue weighted by atomic mass is 9.95. The molecule has 0 unspecified atom stereocenters. The Morgan fingerprint density at radius 3 is 2.52 bits per heavy atom. The minimum Gasteiger partial charge on any atom is -0.481 e. The van der Waals surface area contributed by atoms with E-state index < -0.39 is 11.9 Å². The smallest absolute Gasteiger partial charge is 0.306 e. The van der Waals surface area contributed by atoms with Crippen LogP contribution in [0.3, 0.4) is 0 Å². The van der Waals surface area contributed by atoms with Crippen LogP contribution in [-0.4, -0.2) is 17.1 Å². The Labute approximate surface area is 139 Å². The van der Waals surface area contributed by atoms with Crippen LogP contribution in [0.4, 0.5) is 4.39 Å². The van der Waals surface area contributed by atoms with Crippen molar-refractivity contribution in [3.63, 3.8) is 0 Å². The first-order chi connectivity index (χ1) is 10.9. The SMILES string of the molecule is C[C@H](C[C@H](N)Cc1ccc(-c2cc(Cl)ccc2F)cc1)C(=O)O. The molecule has 0 saturated carbocycles. The summed E-state index contributed by atoms with van der Waals surface area (Å²) in [6, 6.07) is 11.6. The standard InChI is InChI=1S/C18H19ClFNO2/c1-11(18(22)23)8-15(21)9-12-2-4-13(5-3-12)16-10-14(19)6-7-17(16)20/h2-7,10-11,15H,8-9,21H2,1H3,(H,22,23)/t11-,15+/m1/s1. The molecule has 2 aromatic rings. The molecule has 0 saturated heterocycles. The van der Waals surface area contributed by atoms with E-state index in [1.165, 1.54) is 12.1 Å². The number of hydrogen-bond acceptors (Lipinski definition) is 2. The second-order valence-corrected chi connectivity index (χ2v) is 6.20. The Morgan fingerprint density at radius 1 is 1.26 bits per heavy atom. The number of carboxylic acids is 1. The molecule has 2 atom stereocenters. The molecule has 3 N–H and O–H groups in total. The van der Waals surface area contributed by atoms with Crippen LogP contribution in [0.5, 0.6) is 0 Å². The number of benzene rings is 2. The van der Waals surface area contributed by atoms with Crippen molar-refractivity contribution in [3.05, 3.63) is 58.9 Å². The summed E-state index contributed by atoms with van der Waals surface area (Å²) in [5.41, 5.74) is 8.17. The third kappa shape index (κ3) is 4.78. The lowest BCUT2D eigenvalue weighted by molar-refractivity contribution is -0.141. The van der Waals surface area contributed by atoms with Gasteiger partial charge in [-0.3, -0.25) is 4.79 Å². The van der Waals surface area contributed by atoms with E-state index in [0.29, 0.717) is 23.4 Å². The van der Waals surface area contributed by atoms with Gasteiger partial charge < -0.3 is 10.8 Å². The molecule has 122 valence electrons. The zero-order valence-electron chi connectivity index (χ0n) is 12.8. The lowest BCUT2D eigenvalue weighted by Crippen LogP contribution is -2.28. The monoisotopic (exact) mass is 335 g/mol. The molecule has 0 aliphatic heterocycles. The highest BCUT2D eigenvalue weighted by atomic mass is 35.5. The van der Waals surface area contributed by atoms with Crippen LogP contribution >= 0.6 is 11.6 Å². The van der Waals surface area contributed by atoms with Crippen molar-refractivity contribution in [2.75, 3.05) is 0 Å². The van der Waals surface area contributed by atoms with Gasteiger partial charge in [-0.15, -0.1) is 0 Å². The molecule has 0 aromatic heterocycles. The number of carboxylic acid groups (broad SMARTS) is 1. The second kappa shape index (κ2) is 7.57. The van der Waals surface area contributed by atoms with Crippen LogP contribution in [0.25, 0.3) is 11.1 Å². The van der Waals surface area contributed by atoms with Crippen molar-refractivity contribution in [1.29, 1.82) is 0 Å². The van der Waals surface area contributed by atoms with E-state index in [2.05, 4.69) is 0 Å². The maximum atomic E-state index is 13.9. The highest BCUT2D eigenvalue weighted by Gasteiger charge is 2.16. The van der Waals surface area contributed by atoms with E-state index in [1.807, 2.05) is 24.3 Å². The van der Waals surface area contributed by atoms with E-state index in [4.69, 9.17) is 22.4 Å². The van der Waals surface area contributed by atoms with Crippen LogP contribution in [0, 0.1) is 11.7 Å². The minimum atomic E-state index is -0.841. The van der Waals surface area contributed by atoms with Gasteiger partial charge in [0.1, 0.15) is 5.82 Å². The van der Waals surface area contributed by atoms with E-state index in [1.54, 1.807) is 13.0 Å². The Morgan fingerprint density at radius 2 is 1.91 bits per heavy atom. The van der Waals surface area contributed by atoms with Gasteiger partial charge in [0.15, 0.2) is 0 Å². The van der Waals surface area contributed by atoms with Crippen molar-refractivity contribution in [2.24, 2.45) is 11.7 Å². The number of hydrogen-bond donors (Lipinski definition) is 2. The maximum Gasteiger partial charge on any atom is 0.306 e. The predicted molar refractivity (Wildman–Crippen MR) is 89.9 cm³/mol. The Kier molecular flexibility index (Phi) is 5.74. The Bertz CT molecular complexity index is 688. The first-order valence-electron chi connectivity index (χ1n) is 7.39. The van der Waals surface area contributed by atoms with Gasteiger partial charge in [-0.25, -0.2) is 4.39 Å². The van der Waals surface area contributed by atoms with E-state index in [0.717, 1.165) is 11.1 Å². The summed E-state index contributed by atoms with van der Waals surface area (Å²) in [5.74, 6) is -1.63.